The number of methoxy groups -OCH3 is 1. The number of carbonyl (C=O) groups is 1. The highest BCUT2D eigenvalue weighted by molar-refractivity contribution is 5.77. The van der Waals surface area contributed by atoms with E-state index < -0.39 is 0 Å². The molecule has 1 aliphatic rings. The van der Waals surface area contributed by atoms with Gasteiger partial charge in [-0.25, -0.2) is 14.6 Å². The smallest absolute Gasteiger partial charge is 0.248 e. The molecule has 3 heterocycles. The van der Waals surface area contributed by atoms with Crippen molar-refractivity contribution in [1.29, 1.82) is 0 Å². The monoisotopic (exact) mass is 330 g/mol. The lowest BCUT2D eigenvalue weighted by atomic mass is 10.3. The van der Waals surface area contributed by atoms with E-state index in [0.717, 1.165) is 36.1 Å². The number of aromatic nitrogens is 4. The second-order valence-electron chi connectivity index (χ2n) is 5.87. The molecule has 0 saturated carbocycles. The zero-order chi connectivity index (χ0) is 17.1. The second kappa shape index (κ2) is 6.96. The van der Waals surface area contributed by atoms with Crippen molar-refractivity contribution in [2.75, 3.05) is 44.8 Å². The number of hydrogen-bond donors (Lipinski definition) is 0. The first-order chi connectivity index (χ1) is 11.6. The topological polar surface area (TPSA) is 76.4 Å². The molecule has 24 heavy (non-hydrogen) atoms. The van der Waals surface area contributed by atoms with Crippen molar-refractivity contribution in [2.24, 2.45) is 0 Å². The molecular weight excluding hydrogens is 308 g/mol. The van der Waals surface area contributed by atoms with E-state index in [4.69, 9.17) is 4.74 Å². The second-order valence-corrected chi connectivity index (χ2v) is 5.87. The third kappa shape index (κ3) is 3.38. The molecule has 0 bridgehead atoms. The molecule has 8 heteroatoms. The van der Waals surface area contributed by atoms with Crippen LogP contribution in [0.4, 0.5) is 5.82 Å². The quantitative estimate of drug-likeness (QED) is 0.816. The SMILES string of the molecule is COCC(=O)N1CCN(c2cc(-n3nc(C)cc3C)ncn2)CC1. The molecule has 1 aliphatic heterocycles. The molecule has 0 N–H and O–H groups in total. The van der Waals surface area contributed by atoms with Gasteiger partial charge in [0.2, 0.25) is 5.91 Å². The summed E-state index contributed by atoms with van der Waals surface area (Å²) in [5, 5.41) is 4.46. The number of piperazine rings is 1. The van der Waals surface area contributed by atoms with Gasteiger partial charge in [-0.3, -0.25) is 4.79 Å². The summed E-state index contributed by atoms with van der Waals surface area (Å²) in [5.41, 5.74) is 1.99. The van der Waals surface area contributed by atoms with Crippen LogP contribution in [0.25, 0.3) is 5.82 Å². The number of ether oxygens (including phenoxy) is 1. The lowest BCUT2D eigenvalue weighted by Gasteiger charge is -2.35. The largest absolute Gasteiger partial charge is 0.375 e. The van der Waals surface area contributed by atoms with Gasteiger partial charge in [0.25, 0.3) is 0 Å². The van der Waals surface area contributed by atoms with Crippen LogP contribution in [0.5, 0.6) is 0 Å². The van der Waals surface area contributed by atoms with Crippen molar-refractivity contribution in [3.8, 4) is 5.82 Å². The summed E-state index contributed by atoms with van der Waals surface area (Å²) >= 11 is 0. The van der Waals surface area contributed by atoms with E-state index in [9.17, 15) is 4.79 Å². The van der Waals surface area contributed by atoms with Crippen molar-refractivity contribution in [3.05, 3.63) is 29.8 Å². The fraction of sp³-hybridized carbons (Fsp3) is 0.500. The van der Waals surface area contributed by atoms with Crippen molar-refractivity contribution in [2.45, 2.75) is 13.8 Å². The Balaban J connectivity index is 1.72. The standard InChI is InChI=1S/C16H22N6O2/c1-12-8-13(2)22(19-12)15-9-14(17-11-18-15)20-4-6-21(7-5-20)16(23)10-24-3/h8-9,11H,4-7,10H2,1-3H3. The molecule has 1 fully saturated rings. The Kier molecular flexibility index (Phi) is 4.75. The number of aryl methyl sites for hydroxylation is 2. The zero-order valence-electron chi connectivity index (χ0n) is 14.3. The van der Waals surface area contributed by atoms with Crippen LogP contribution in [0.2, 0.25) is 0 Å². The van der Waals surface area contributed by atoms with Crippen LogP contribution in [0, 0.1) is 13.8 Å². The van der Waals surface area contributed by atoms with Crippen molar-refractivity contribution < 1.29 is 9.53 Å². The van der Waals surface area contributed by atoms with Crippen molar-refractivity contribution in [1.82, 2.24) is 24.6 Å². The van der Waals surface area contributed by atoms with Gasteiger partial charge in [0.15, 0.2) is 5.82 Å². The lowest BCUT2D eigenvalue weighted by molar-refractivity contribution is -0.135. The summed E-state index contributed by atoms with van der Waals surface area (Å²) in [7, 11) is 1.54. The van der Waals surface area contributed by atoms with Crippen molar-refractivity contribution >= 4 is 11.7 Å². The molecule has 2 aromatic heterocycles. The van der Waals surface area contributed by atoms with Gasteiger partial charge in [0.05, 0.1) is 5.69 Å². The minimum absolute atomic E-state index is 0.0307. The van der Waals surface area contributed by atoms with Gasteiger partial charge in [-0.1, -0.05) is 0 Å². The Morgan fingerprint density at radius 1 is 1.12 bits per heavy atom. The molecule has 0 unspecified atom stereocenters. The molecule has 1 saturated heterocycles. The minimum Gasteiger partial charge on any atom is -0.375 e. The van der Waals surface area contributed by atoms with Crippen molar-refractivity contribution in [3.63, 3.8) is 0 Å². The third-order valence-corrected chi connectivity index (χ3v) is 4.09. The van der Waals surface area contributed by atoms with Crippen LogP contribution in [-0.4, -0.2) is 70.5 Å². The lowest BCUT2D eigenvalue weighted by Crippen LogP contribution is -2.50. The van der Waals surface area contributed by atoms with Crippen LogP contribution in [0.1, 0.15) is 11.4 Å². The molecule has 128 valence electrons. The maximum Gasteiger partial charge on any atom is 0.248 e. The summed E-state index contributed by atoms with van der Waals surface area (Å²) in [4.78, 5) is 24.6. The first-order valence-corrected chi connectivity index (χ1v) is 7.96. The van der Waals surface area contributed by atoms with Gasteiger partial charge >= 0.3 is 0 Å². The Hall–Kier alpha value is -2.48. The average Bonchev–Trinajstić information content (AvgIpc) is 2.94. The number of anilines is 1. The van der Waals surface area contributed by atoms with Crippen LogP contribution < -0.4 is 4.90 Å². The van der Waals surface area contributed by atoms with E-state index in [1.807, 2.05) is 35.6 Å². The predicted octanol–water partition coefficient (Wildman–Crippen LogP) is 0.574. The van der Waals surface area contributed by atoms with E-state index in [-0.39, 0.29) is 12.5 Å². The minimum atomic E-state index is 0.0307. The maximum atomic E-state index is 11.9. The van der Waals surface area contributed by atoms with Crippen LogP contribution >= 0.6 is 0 Å². The Morgan fingerprint density at radius 3 is 2.46 bits per heavy atom. The summed E-state index contributed by atoms with van der Waals surface area (Å²) < 4.78 is 6.73. The van der Waals surface area contributed by atoms with Crippen LogP contribution in [0.15, 0.2) is 18.5 Å². The first kappa shape index (κ1) is 16.4. The fourth-order valence-electron chi connectivity index (χ4n) is 2.89. The number of carbonyl (C=O) groups excluding carboxylic acids is 1. The Bertz CT molecular complexity index is 721. The molecule has 0 atom stereocenters. The number of hydrogen-bond acceptors (Lipinski definition) is 6. The highest BCUT2D eigenvalue weighted by atomic mass is 16.5. The molecular formula is C16H22N6O2. The van der Waals surface area contributed by atoms with E-state index in [1.54, 1.807) is 6.33 Å². The average molecular weight is 330 g/mol. The molecule has 0 aromatic carbocycles. The normalized spacial score (nSPS) is 15.0. The van der Waals surface area contributed by atoms with Gasteiger partial charge in [-0.05, 0) is 19.9 Å². The molecule has 2 aromatic rings. The third-order valence-electron chi connectivity index (χ3n) is 4.09. The summed E-state index contributed by atoms with van der Waals surface area (Å²) in [6, 6.07) is 3.95. The first-order valence-electron chi connectivity index (χ1n) is 7.96. The molecule has 1 amide bonds. The van der Waals surface area contributed by atoms with Gasteiger partial charge in [-0.2, -0.15) is 5.10 Å². The predicted molar refractivity (Wildman–Crippen MR) is 89.3 cm³/mol. The van der Waals surface area contributed by atoms with Crippen LogP contribution in [-0.2, 0) is 9.53 Å². The van der Waals surface area contributed by atoms with Gasteiger partial charge in [-0.15, -0.1) is 0 Å². The summed E-state index contributed by atoms with van der Waals surface area (Å²) in [6.07, 6.45) is 1.56. The Morgan fingerprint density at radius 2 is 1.83 bits per heavy atom. The van der Waals surface area contributed by atoms with Gasteiger partial charge < -0.3 is 14.5 Å². The fourth-order valence-corrected chi connectivity index (χ4v) is 2.89. The van der Waals surface area contributed by atoms with Gasteiger partial charge in [0.1, 0.15) is 18.8 Å². The maximum absolute atomic E-state index is 11.9. The molecule has 0 aliphatic carbocycles. The molecule has 8 nitrogen and oxygen atoms in total. The zero-order valence-corrected chi connectivity index (χ0v) is 14.3. The van der Waals surface area contributed by atoms with E-state index in [2.05, 4.69) is 20.0 Å². The summed E-state index contributed by atoms with van der Waals surface area (Å²) in [5.74, 6) is 1.64. The van der Waals surface area contributed by atoms with Gasteiger partial charge in [0, 0.05) is 45.0 Å². The van der Waals surface area contributed by atoms with E-state index in [1.165, 1.54) is 7.11 Å². The number of rotatable bonds is 4. The summed E-state index contributed by atoms with van der Waals surface area (Å²) in [6.45, 7) is 6.91. The van der Waals surface area contributed by atoms with E-state index in [0.29, 0.717) is 13.1 Å². The number of amides is 1. The molecule has 0 radical (unpaired) electrons. The van der Waals surface area contributed by atoms with Crippen LogP contribution in [0.3, 0.4) is 0 Å². The highest BCUT2D eigenvalue weighted by Crippen LogP contribution is 2.17. The number of nitrogens with zero attached hydrogens (tertiary/aromatic N) is 6. The molecule has 3 rings (SSSR count). The highest BCUT2D eigenvalue weighted by Gasteiger charge is 2.22. The Labute approximate surface area is 141 Å². The van der Waals surface area contributed by atoms with E-state index >= 15 is 0 Å². The molecule has 0 spiro atoms.